The molecule has 0 unspecified atom stereocenters. The Bertz CT molecular complexity index is 1810. The highest BCUT2D eigenvalue weighted by Gasteiger charge is 2.66. The molecule has 3 N–H and O–H groups in total. The summed E-state index contributed by atoms with van der Waals surface area (Å²) in [6.45, 7) is 6.56. The van der Waals surface area contributed by atoms with Gasteiger partial charge in [0.25, 0.3) is 11.8 Å². The fraction of sp³-hybridized carbons (Fsp3) is 0.389. The van der Waals surface area contributed by atoms with Crippen LogP contribution < -0.4 is 19.7 Å². The second-order valence-electron chi connectivity index (χ2n) is 13.2. The maximum atomic E-state index is 14.8. The van der Waals surface area contributed by atoms with E-state index in [2.05, 4.69) is 15.6 Å². The van der Waals surface area contributed by atoms with Crippen LogP contribution in [0.25, 0.3) is 0 Å². The molecule has 258 valence electrons. The van der Waals surface area contributed by atoms with Crippen LogP contribution in [-0.2, 0) is 34.6 Å². The molecule has 0 aliphatic carbocycles. The molecule has 0 saturated carbocycles. The minimum atomic E-state index is -2.85. The van der Waals surface area contributed by atoms with Gasteiger partial charge in [-0.05, 0) is 79.7 Å². The average Bonchev–Trinajstić information content (AvgIpc) is 3.74. The lowest BCUT2D eigenvalue weighted by Gasteiger charge is -2.32. The van der Waals surface area contributed by atoms with Crippen molar-refractivity contribution < 1.29 is 33.7 Å². The molecule has 1 spiro atoms. The number of aromatic nitrogens is 3. The predicted octanol–water partition coefficient (Wildman–Crippen LogP) is 4.52. The van der Waals surface area contributed by atoms with Crippen LogP contribution in [0.4, 0.5) is 11.4 Å². The Morgan fingerprint density at radius 2 is 1.73 bits per heavy atom. The van der Waals surface area contributed by atoms with Crippen LogP contribution >= 0.6 is 0 Å². The van der Waals surface area contributed by atoms with Crippen molar-refractivity contribution in [1.29, 1.82) is 0 Å². The van der Waals surface area contributed by atoms with E-state index < -0.39 is 20.0 Å². The van der Waals surface area contributed by atoms with Crippen molar-refractivity contribution in [2.24, 2.45) is 5.92 Å². The summed E-state index contributed by atoms with van der Waals surface area (Å²) < 4.78 is 19.4. The van der Waals surface area contributed by atoms with Gasteiger partial charge >= 0.3 is 0 Å². The fourth-order valence-corrected chi connectivity index (χ4v) is 9.97. The van der Waals surface area contributed by atoms with E-state index in [0.717, 1.165) is 16.8 Å². The van der Waals surface area contributed by atoms with Gasteiger partial charge in [-0.25, -0.2) is 0 Å². The number of aryl methyl sites for hydroxylation is 1. The second kappa shape index (κ2) is 13.7. The van der Waals surface area contributed by atoms with Gasteiger partial charge in [-0.1, -0.05) is 24.3 Å². The first-order valence-corrected chi connectivity index (χ1v) is 19.5. The lowest BCUT2D eigenvalue weighted by molar-refractivity contribution is -0.146. The van der Waals surface area contributed by atoms with Crippen molar-refractivity contribution in [2.45, 2.75) is 63.2 Å². The standard InChI is InChI=1S/C36H43N5O7Si/c1-23-33(49(4,5)45)32(16-18-40-22-27(17-19-42)38-39-40)48-36(23)30-20-29(47-3)14-15-31(30)41(35(36)44)21-24-6-10-26(11-7-24)37-34(43)25-8-12-28(46-2)13-9-25/h6-15,20,22-23,32-33,42,45H,16-19,21H2,1-5H3,(H,37,43)/t23-,32+,33-,36+/m0/s1. The molecule has 12 nitrogen and oxygen atoms in total. The van der Waals surface area contributed by atoms with Crippen LogP contribution in [-0.4, -0.2) is 72.0 Å². The summed E-state index contributed by atoms with van der Waals surface area (Å²) in [7, 11) is 0.315. The number of anilines is 2. The first-order valence-electron chi connectivity index (χ1n) is 16.4. The van der Waals surface area contributed by atoms with Gasteiger partial charge in [-0.3, -0.25) is 14.3 Å². The Morgan fingerprint density at radius 3 is 2.39 bits per heavy atom. The number of nitrogens with zero attached hydrogens (tertiary/aromatic N) is 4. The Kier molecular flexibility index (Phi) is 9.62. The third-order valence-corrected chi connectivity index (χ3v) is 12.2. The predicted molar refractivity (Wildman–Crippen MR) is 186 cm³/mol. The molecule has 1 aromatic heterocycles. The van der Waals surface area contributed by atoms with Gasteiger partial charge in [-0.15, -0.1) is 5.10 Å². The number of hydrogen-bond acceptors (Lipinski definition) is 9. The van der Waals surface area contributed by atoms with Crippen LogP contribution in [0.5, 0.6) is 11.5 Å². The number of ether oxygens (including phenoxy) is 3. The molecule has 1 saturated heterocycles. The molecule has 0 bridgehead atoms. The monoisotopic (exact) mass is 685 g/mol. The molecule has 6 rings (SSSR count). The van der Waals surface area contributed by atoms with E-state index in [4.69, 9.17) is 14.2 Å². The summed E-state index contributed by atoms with van der Waals surface area (Å²) in [6, 6.07) is 19.9. The van der Waals surface area contributed by atoms with Crippen LogP contribution in [0.3, 0.4) is 0 Å². The van der Waals surface area contributed by atoms with E-state index in [1.807, 2.05) is 62.5 Å². The molecule has 4 aromatic rings. The molecule has 3 heterocycles. The number of aliphatic hydroxyl groups is 1. The highest BCUT2D eigenvalue weighted by atomic mass is 28.4. The second-order valence-corrected chi connectivity index (χ2v) is 17.2. The Hall–Kier alpha value is -4.56. The zero-order chi connectivity index (χ0) is 34.9. The van der Waals surface area contributed by atoms with Gasteiger partial charge < -0.3 is 34.3 Å². The van der Waals surface area contributed by atoms with Crippen molar-refractivity contribution in [2.75, 3.05) is 31.0 Å². The number of fused-ring (bicyclic) bond motifs is 2. The number of nitrogens with one attached hydrogen (secondary N) is 1. The fourth-order valence-electron chi connectivity index (χ4n) is 7.37. The van der Waals surface area contributed by atoms with Crippen molar-refractivity contribution in [1.82, 2.24) is 15.0 Å². The molecular weight excluding hydrogens is 643 g/mol. The molecule has 0 radical (unpaired) electrons. The van der Waals surface area contributed by atoms with E-state index in [1.54, 1.807) is 54.3 Å². The summed E-state index contributed by atoms with van der Waals surface area (Å²) in [5.74, 6) is 0.529. The largest absolute Gasteiger partial charge is 0.497 e. The first-order chi connectivity index (χ1) is 23.5. The van der Waals surface area contributed by atoms with E-state index in [1.165, 1.54) is 0 Å². The summed E-state index contributed by atoms with van der Waals surface area (Å²) >= 11 is 0. The van der Waals surface area contributed by atoms with Crippen LogP contribution in [0.15, 0.2) is 72.9 Å². The summed E-state index contributed by atoms with van der Waals surface area (Å²) in [4.78, 5) is 40.9. The molecule has 2 amide bonds. The number of aliphatic hydroxyl groups excluding tert-OH is 1. The smallest absolute Gasteiger partial charge is 0.264 e. The SMILES string of the molecule is COc1ccc(C(=O)Nc2ccc(CN3C(=O)[C@]4(O[C@H](CCn5cc(CCO)nn5)[C@@H]([Si](C)(C)O)[C@@H]4C)c4cc(OC)ccc43)cc2)cc1. The van der Waals surface area contributed by atoms with E-state index in [-0.39, 0.29) is 36.4 Å². The van der Waals surface area contributed by atoms with E-state index in [0.29, 0.717) is 47.8 Å². The highest BCUT2D eigenvalue weighted by molar-refractivity contribution is 6.71. The van der Waals surface area contributed by atoms with Gasteiger partial charge in [0.1, 0.15) is 11.5 Å². The Morgan fingerprint density at radius 1 is 1.04 bits per heavy atom. The zero-order valence-corrected chi connectivity index (χ0v) is 29.4. The van der Waals surface area contributed by atoms with Crippen molar-refractivity contribution >= 4 is 31.5 Å². The van der Waals surface area contributed by atoms with E-state index in [9.17, 15) is 19.5 Å². The zero-order valence-electron chi connectivity index (χ0n) is 28.4. The van der Waals surface area contributed by atoms with Gasteiger partial charge in [0, 0.05) is 54.0 Å². The van der Waals surface area contributed by atoms with E-state index >= 15 is 0 Å². The maximum Gasteiger partial charge on any atom is 0.264 e. The van der Waals surface area contributed by atoms with Gasteiger partial charge in [0.2, 0.25) is 0 Å². The number of carbonyl (C=O) groups is 2. The van der Waals surface area contributed by atoms with Gasteiger partial charge in [0.15, 0.2) is 13.9 Å². The van der Waals surface area contributed by atoms with Gasteiger partial charge in [-0.2, -0.15) is 0 Å². The van der Waals surface area contributed by atoms with Crippen LogP contribution in [0.2, 0.25) is 18.6 Å². The lowest BCUT2D eigenvalue weighted by atomic mass is 9.82. The Labute approximate surface area is 286 Å². The maximum absolute atomic E-state index is 14.8. The topological polar surface area (TPSA) is 148 Å². The number of carbonyl (C=O) groups excluding carboxylic acids is 2. The third-order valence-electron chi connectivity index (χ3n) is 9.69. The first kappa shape index (κ1) is 34.3. The summed E-state index contributed by atoms with van der Waals surface area (Å²) in [5, 5.41) is 20.5. The number of benzene rings is 3. The molecule has 2 aliphatic heterocycles. The van der Waals surface area contributed by atoms with Crippen molar-refractivity contribution in [3.63, 3.8) is 0 Å². The number of rotatable bonds is 12. The minimum Gasteiger partial charge on any atom is -0.497 e. The normalized spacial score (nSPS) is 21.7. The molecule has 3 aromatic carbocycles. The van der Waals surface area contributed by atoms with Gasteiger partial charge in [0.05, 0.1) is 38.2 Å². The summed E-state index contributed by atoms with van der Waals surface area (Å²) in [5.41, 5.74) is 2.60. The summed E-state index contributed by atoms with van der Waals surface area (Å²) in [6.07, 6.45) is 2.33. The van der Waals surface area contributed by atoms with Crippen LogP contribution in [0.1, 0.15) is 40.5 Å². The Balaban J connectivity index is 1.25. The highest BCUT2D eigenvalue weighted by Crippen LogP contribution is 2.60. The van der Waals surface area contributed by atoms with Crippen LogP contribution in [0, 0.1) is 5.92 Å². The molecule has 13 heteroatoms. The molecular formula is C36H43N5O7Si. The minimum absolute atomic E-state index is 0.0103. The number of methoxy groups -OCH3 is 2. The lowest BCUT2D eigenvalue weighted by Crippen LogP contribution is -2.46. The molecule has 4 atom stereocenters. The average molecular weight is 686 g/mol. The van der Waals surface area contributed by atoms with Crippen molar-refractivity contribution in [3.8, 4) is 11.5 Å². The third kappa shape index (κ3) is 6.58. The number of amides is 2. The molecule has 49 heavy (non-hydrogen) atoms. The molecule has 2 aliphatic rings. The van der Waals surface area contributed by atoms with Crippen molar-refractivity contribution in [3.05, 3.63) is 95.3 Å². The number of hydrogen-bond donors (Lipinski definition) is 3. The molecule has 1 fully saturated rings. The quantitative estimate of drug-likeness (QED) is 0.183.